The molecule has 0 spiro atoms. The van der Waals surface area contributed by atoms with Crippen LogP contribution in [0.2, 0.25) is 0 Å². The molecular weight excluding hydrogens is 373 g/mol. The summed E-state index contributed by atoms with van der Waals surface area (Å²) in [4.78, 5) is 27.3. The summed E-state index contributed by atoms with van der Waals surface area (Å²) < 4.78 is 20.1. The van der Waals surface area contributed by atoms with Gasteiger partial charge in [-0.05, 0) is 35.9 Å². The predicted molar refractivity (Wildman–Crippen MR) is 109 cm³/mol. The van der Waals surface area contributed by atoms with Crippen LogP contribution >= 0.6 is 0 Å². The lowest BCUT2D eigenvalue weighted by Crippen LogP contribution is -2.32. The second kappa shape index (κ2) is 7.93. The first kappa shape index (κ1) is 18.4. The van der Waals surface area contributed by atoms with E-state index < -0.39 is 11.2 Å². The fourth-order valence-electron chi connectivity index (χ4n) is 2.84. The molecule has 7 heteroatoms. The fourth-order valence-corrected chi connectivity index (χ4v) is 2.84. The highest BCUT2D eigenvalue weighted by Gasteiger charge is 2.06. The molecule has 4 rings (SSSR count). The number of nitrogens with one attached hydrogen (secondary N) is 1. The largest absolute Gasteiger partial charge is 0.489 e. The van der Waals surface area contributed by atoms with Crippen LogP contribution in [0.1, 0.15) is 11.1 Å². The average Bonchev–Trinajstić information content (AvgIpc) is 2.73. The zero-order valence-corrected chi connectivity index (χ0v) is 15.2. The van der Waals surface area contributed by atoms with Crippen molar-refractivity contribution in [3.8, 4) is 5.75 Å². The van der Waals surface area contributed by atoms with Gasteiger partial charge in [0, 0.05) is 5.56 Å². The number of para-hydroxylation sites is 1. The van der Waals surface area contributed by atoms with E-state index >= 15 is 0 Å². The highest BCUT2D eigenvalue weighted by Crippen LogP contribution is 2.15. The third-order valence-corrected chi connectivity index (χ3v) is 4.32. The van der Waals surface area contributed by atoms with E-state index in [2.05, 4.69) is 10.1 Å². The molecule has 0 fully saturated rings. The molecule has 1 heterocycles. The lowest BCUT2D eigenvalue weighted by molar-refractivity contribution is 0.300. The molecule has 144 valence electrons. The van der Waals surface area contributed by atoms with E-state index in [9.17, 15) is 14.0 Å². The van der Waals surface area contributed by atoms with Gasteiger partial charge in [0.15, 0.2) is 0 Å². The number of aromatic amines is 1. The summed E-state index contributed by atoms with van der Waals surface area (Å²) in [5, 5.41) is 4.39. The van der Waals surface area contributed by atoms with Gasteiger partial charge in [0.1, 0.15) is 18.2 Å². The second-order valence-electron chi connectivity index (χ2n) is 6.29. The van der Waals surface area contributed by atoms with Crippen molar-refractivity contribution in [2.45, 2.75) is 6.61 Å². The van der Waals surface area contributed by atoms with E-state index in [0.29, 0.717) is 27.8 Å². The molecule has 0 radical (unpaired) electrons. The number of halogens is 1. The van der Waals surface area contributed by atoms with Crippen molar-refractivity contribution in [1.29, 1.82) is 0 Å². The first-order chi connectivity index (χ1) is 14.1. The maximum absolute atomic E-state index is 13.7. The van der Waals surface area contributed by atoms with Crippen molar-refractivity contribution in [2.75, 3.05) is 0 Å². The van der Waals surface area contributed by atoms with E-state index in [0.717, 1.165) is 4.68 Å². The van der Waals surface area contributed by atoms with Gasteiger partial charge in [0.05, 0.1) is 17.1 Å². The monoisotopic (exact) mass is 389 g/mol. The molecule has 0 aliphatic carbocycles. The van der Waals surface area contributed by atoms with Gasteiger partial charge in [-0.3, -0.25) is 4.79 Å². The average molecular weight is 389 g/mol. The van der Waals surface area contributed by atoms with E-state index in [1.54, 1.807) is 66.7 Å². The van der Waals surface area contributed by atoms with Crippen molar-refractivity contribution in [2.24, 2.45) is 5.10 Å². The lowest BCUT2D eigenvalue weighted by atomic mass is 10.2. The minimum absolute atomic E-state index is 0.0804. The van der Waals surface area contributed by atoms with Gasteiger partial charge in [0.2, 0.25) is 0 Å². The van der Waals surface area contributed by atoms with Crippen LogP contribution in [0.3, 0.4) is 0 Å². The van der Waals surface area contributed by atoms with Crippen LogP contribution in [0.4, 0.5) is 4.39 Å². The fraction of sp³-hybridized carbons (Fsp3) is 0.0455. The van der Waals surface area contributed by atoms with Gasteiger partial charge in [-0.15, -0.1) is 4.68 Å². The van der Waals surface area contributed by atoms with E-state index in [-0.39, 0.29) is 12.4 Å². The molecule has 3 aromatic carbocycles. The maximum Gasteiger partial charge on any atom is 0.349 e. The first-order valence-electron chi connectivity index (χ1n) is 8.86. The molecule has 0 saturated carbocycles. The second-order valence-corrected chi connectivity index (χ2v) is 6.29. The third-order valence-electron chi connectivity index (χ3n) is 4.32. The Kier molecular flexibility index (Phi) is 5.03. The van der Waals surface area contributed by atoms with Crippen LogP contribution in [0, 0.1) is 5.82 Å². The Morgan fingerprint density at radius 3 is 2.66 bits per heavy atom. The summed E-state index contributed by atoms with van der Waals surface area (Å²) >= 11 is 0. The summed E-state index contributed by atoms with van der Waals surface area (Å²) in [5.74, 6) is 0.178. The SMILES string of the molecule is O=c1[nH]c2ccccc2c(=O)n1N=Cc1cccc(OCc2ccccc2F)c1. The molecule has 1 N–H and O–H groups in total. The number of nitrogens with zero attached hydrogens (tertiary/aromatic N) is 2. The normalized spacial score (nSPS) is 11.2. The van der Waals surface area contributed by atoms with E-state index in [1.807, 2.05) is 0 Å². The molecule has 0 saturated heterocycles. The van der Waals surface area contributed by atoms with Gasteiger partial charge in [-0.1, -0.05) is 42.5 Å². The molecule has 0 bridgehead atoms. The third kappa shape index (κ3) is 3.98. The van der Waals surface area contributed by atoms with Crippen LogP contribution in [0.5, 0.6) is 5.75 Å². The number of rotatable bonds is 5. The zero-order valence-electron chi connectivity index (χ0n) is 15.2. The Bertz CT molecular complexity index is 1320. The Labute approximate surface area is 164 Å². The molecule has 4 aromatic rings. The number of aromatic nitrogens is 2. The summed E-state index contributed by atoms with van der Waals surface area (Å²) in [6, 6.07) is 20.0. The van der Waals surface area contributed by atoms with E-state index in [1.165, 1.54) is 12.3 Å². The highest BCUT2D eigenvalue weighted by atomic mass is 19.1. The molecule has 1 aromatic heterocycles. The van der Waals surface area contributed by atoms with Crippen molar-refractivity contribution < 1.29 is 9.13 Å². The van der Waals surface area contributed by atoms with Crippen LogP contribution in [-0.2, 0) is 6.61 Å². The standard InChI is InChI=1S/C22H16FN3O3/c23-19-10-3-1-7-16(19)14-29-17-8-5-6-15(12-17)13-24-26-21(27)18-9-2-4-11-20(18)25-22(26)28/h1-13H,14H2,(H,25,28). The van der Waals surface area contributed by atoms with Crippen LogP contribution in [-0.4, -0.2) is 15.9 Å². The van der Waals surface area contributed by atoms with Crippen LogP contribution < -0.4 is 16.0 Å². The molecule has 29 heavy (non-hydrogen) atoms. The molecule has 0 atom stereocenters. The highest BCUT2D eigenvalue weighted by molar-refractivity contribution is 5.80. The summed E-state index contributed by atoms with van der Waals surface area (Å²) in [7, 11) is 0. The Balaban J connectivity index is 1.58. The van der Waals surface area contributed by atoms with Crippen LogP contribution in [0.25, 0.3) is 10.9 Å². The summed E-state index contributed by atoms with van der Waals surface area (Å²) in [5.41, 5.74) is 0.387. The topological polar surface area (TPSA) is 76.5 Å². The molecule has 0 unspecified atom stereocenters. The molecular formula is C22H16FN3O3. The number of H-pyrrole nitrogens is 1. The predicted octanol–water partition coefficient (Wildman–Crippen LogP) is 3.29. The summed E-state index contributed by atoms with van der Waals surface area (Å²) in [6.45, 7) is 0.0804. The van der Waals surface area contributed by atoms with Crippen molar-refractivity contribution in [3.05, 3.63) is 111 Å². The van der Waals surface area contributed by atoms with Crippen molar-refractivity contribution >= 4 is 17.1 Å². The Morgan fingerprint density at radius 2 is 1.79 bits per heavy atom. The summed E-state index contributed by atoms with van der Waals surface area (Å²) in [6.07, 6.45) is 1.39. The number of hydrogen-bond acceptors (Lipinski definition) is 4. The minimum atomic E-state index is -0.628. The molecule has 0 amide bonds. The van der Waals surface area contributed by atoms with E-state index in [4.69, 9.17) is 4.74 Å². The Hall–Kier alpha value is -4.00. The van der Waals surface area contributed by atoms with Crippen molar-refractivity contribution in [3.63, 3.8) is 0 Å². The Morgan fingerprint density at radius 1 is 1.00 bits per heavy atom. The number of fused-ring (bicyclic) bond motifs is 1. The van der Waals surface area contributed by atoms with Gasteiger partial charge in [-0.2, -0.15) is 5.10 Å². The zero-order chi connectivity index (χ0) is 20.2. The molecule has 0 aliphatic rings. The van der Waals surface area contributed by atoms with Gasteiger partial charge >= 0.3 is 5.69 Å². The van der Waals surface area contributed by atoms with Gasteiger partial charge in [0.25, 0.3) is 5.56 Å². The molecule has 6 nitrogen and oxygen atoms in total. The van der Waals surface area contributed by atoms with Gasteiger partial charge in [-0.25, -0.2) is 9.18 Å². The number of hydrogen-bond donors (Lipinski definition) is 1. The maximum atomic E-state index is 13.7. The van der Waals surface area contributed by atoms with Gasteiger partial charge < -0.3 is 9.72 Å². The quantitative estimate of drug-likeness (QED) is 0.532. The first-order valence-corrected chi connectivity index (χ1v) is 8.86. The number of ether oxygens (including phenoxy) is 1. The van der Waals surface area contributed by atoms with Crippen LogP contribution in [0.15, 0.2) is 87.5 Å². The molecule has 0 aliphatic heterocycles. The smallest absolute Gasteiger partial charge is 0.349 e. The number of benzene rings is 3. The van der Waals surface area contributed by atoms with Crippen molar-refractivity contribution in [1.82, 2.24) is 9.66 Å². The minimum Gasteiger partial charge on any atom is -0.489 e. The lowest BCUT2D eigenvalue weighted by Gasteiger charge is -2.07.